The lowest BCUT2D eigenvalue weighted by atomic mass is 10.2. The van der Waals surface area contributed by atoms with E-state index in [9.17, 15) is 10.0 Å². The molecule has 0 bridgehead atoms. The first-order chi connectivity index (χ1) is 8.83. The summed E-state index contributed by atoms with van der Waals surface area (Å²) in [5.74, 6) is -0.127. The van der Waals surface area contributed by atoms with Crippen molar-refractivity contribution in [2.24, 2.45) is 5.18 Å². The zero-order valence-electron chi connectivity index (χ0n) is 9.45. The van der Waals surface area contributed by atoms with E-state index in [-0.39, 0.29) is 11.6 Å². The van der Waals surface area contributed by atoms with Gasteiger partial charge in [0.15, 0.2) is 5.69 Å². The summed E-state index contributed by atoms with van der Waals surface area (Å²) in [6.07, 6.45) is 0. The number of aromatic nitrogens is 1. The Hall–Kier alpha value is -2.62. The summed E-state index contributed by atoms with van der Waals surface area (Å²) in [7, 11) is 0. The van der Waals surface area contributed by atoms with Crippen molar-refractivity contribution in [2.75, 3.05) is 0 Å². The van der Waals surface area contributed by atoms with Gasteiger partial charge in [0, 0.05) is 11.1 Å². The van der Waals surface area contributed by atoms with Gasteiger partial charge in [0.05, 0.1) is 5.52 Å². The summed E-state index contributed by atoms with van der Waals surface area (Å²) >= 11 is 0. The number of para-hydroxylation sites is 2. The van der Waals surface area contributed by atoms with E-state index >= 15 is 0 Å². The maximum Gasteiger partial charge on any atom is 0.227 e. The van der Waals surface area contributed by atoms with Crippen molar-refractivity contribution < 1.29 is 5.11 Å². The van der Waals surface area contributed by atoms with E-state index in [1.54, 1.807) is 10.6 Å². The Morgan fingerprint density at radius 1 is 0.944 bits per heavy atom. The lowest BCUT2D eigenvalue weighted by molar-refractivity contribution is 0.446. The van der Waals surface area contributed by atoms with Gasteiger partial charge < -0.3 is 5.11 Å². The number of fused-ring (bicyclic) bond motifs is 1. The molecule has 4 nitrogen and oxygen atoms in total. The molecule has 4 heteroatoms. The van der Waals surface area contributed by atoms with Gasteiger partial charge in [0.25, 0.3) is 0 Å². The highest BCUT2D eigenvalue weighted by atomic mass is 16.3. The average Bonchev–Trinajstić information content (AvgIpc) is 2.71. The molecule has 0 atom stereocenters. The van der Waals surface area contributed by atoms with Crippen molar-refractivity contribution in [3.63, 3.8) is 0 Å². The largest absolute Gasteiger partial charge is 0.493 e. The van der Waals surface area contributed by atoms with Crippen LogP contribution in [0.4, 0.5) is 5.69 Å². The van der Waals surface area contributed by atoms with Gasteiger partial charge >= 0.3 is 0 Å². The molecule has 0 aliphatic rings. The summed E-state index contributed by atoms with van der Waals surface area (Å²) in [5.41, 5.74) is 1.63. The zero-order valence-corrected chi connectivity index (χ0v) is 9.45. The number of hydrogen-bond acceptors (Lipinski definition) is 3. The van der Waals surface area contributed by atoms with E-state index in [0.29, 0.717) is 5.39 Å². The minimum Gasteiger partial charge on any atom is -0.493 e. The van der Waals surface area contributed by atoms with Crippen LogP contribution in [0.5, 0.6) is 5.88 Å². The highest BCUT2D eigenvalue weighted by Gasteiger charge is 2.17. The van der Waals surface area contributed by atoms with Crippen molar-refractivity contribution in [1.29, 1.82) is 0 Å². The lowest BCUT2D eigenvalue weighted by Gasteiger charge is -2.05. The average molecular weight is 238 g/mol. The third-order valence-corrected chi connectivity index (χ3v) is 2.93. The standard InChI is InChI=1S/C14H10N2O2/c17-14-13(15-18)11-8-4-5-9-12(11)16(14)10-6-2-1-3-7-10/h1-9,17H. The van der Waals surface area contributed by atoms with Crippen LogP contribution in [0.1, 0.15) is 0 Å². The second kappa shape index (κ2) is 4.00. The smallest absolute Gasteiger partial charge is 0.227 e. The van der Waals surface area contributed by atoms with Crippen molar-refractivity contribution in [1.82, 2.24) is 4.57 Å². The fraction of sp³-hybridized carbons (Fsp3) is 0. The van der Waals surface area contributed by atoms with Gasteiger partial charge in [0.1, 0.15) is 0 Å². The summed E-state index contributed by atoms with van der Waals surface area (Å²) in [6, 6.07) is 16.6. The topological polar surface area (TPSA) is 54.6 Å². The van der Waals surface area contributed by atoms with Gasteiger partial charge in [-0.05, 0) is 23.4 Å². The molecule has 1 aromatic heterocycles. The second-order valence-electron chi connectivity index (χ2n) is 3.95. The second-order valence-corrected chi connectivity index (χ2v) is 3.95. The minimum atomic E-state index is -0.127. The SMILES string of the molecule is O=Nc1c(O)n(-c2ccccc2)c2ccccc12. The van der Waals surface area contributed by atoms with Crippen LogP contribution in [0.2, 0.25) is 0 Å². The molecule has 0 saturated heterocycles. The van der Waals surface area contributed by atoms with E-state index < -0.39 is 0 Å². The number of nitroso groups, excluding NO2 is 1. The molecule has 0 amide bonds. The van der Waals surface area contributed by atoms with Crippen LogP contribution < -0.4 is 0 Å². The molecule has 88 valence electrons. The Balaban J connectivity index is 2.43. The van der Waals surface area contributed by atoms with Gasteiger partial charge in [-0.15, -0.1) is 4.91 Å². The Morgan fingerprint density at radius 3 is 2.33 bits per heavy atom. The summed E-state index contributed by atoms with van der Waals surface area (Å²) in [4.78, 5) is 10.9. The van der Waals surface area contributed by atoms with Crippen LogP contribution in [0.3, 0.4) is 0 Å². The van der Waals surface area contributed by atoms with Crippen molar-refractivity contribution in [2.45, 2.75) is 0 Å². The first-order valence-corrected chi connectivity index (χ1v) is 5.54. The molecule has 0 aliphatic carbocycles. The molecule has 0 saturated carbocycles. The molecule has 0 radical (unpaired) electrons. The number of aromatic hydroxyl groups is 1. The third-order valence-electron chi connectivity index (χ3n) is 2.93. The number of nitrogens with zero attached hydrogens (tertiary/aromatic N) is 2. The Labute approximate surface area is 103 Å². The molecule has 0 aliphatic heterocycles. The molecule has 0 fully saturated rings. The molecular weight excluding hydrogens is 228 g/mol. The van der Waals surface area contributed by atoms with Gasteiger partial charge in [-0.25, -0.2) is 0 Å². The van der Waals surface area contributed by atoms with Crippen molar-refractivity contribution >= 4 is 16.6 Å². The molecule has 3 rings (SSSR count). The maximum atomic E-state index is 10.9. The molecule has 2 aromatic carbocycles. The number of hydrogen-bond donors (Lipinski definition) is 1. The molecule has 1 heterocycles. The molecular formula is C14H10N2O2. The summed E-state index contributed by atoms with van der Waals surface area (Å²) < 4.78 is 1.62. The molecule has 0 spiro atoms. The normalized spacial score (nSPS) is 10.7. The lowest BCUT2D eigenvalue weighted by Crippen LogP contribution is -1.91. The van der Waals surface area contributed by atoms with Crippen molar-refractivity contribution in [3.8, 4) is 11.6 Å². The molecule has 0 unspecified atom stereocenters. The predicted octanol–water partition coefficient (Wildman–Crippen LogP) is 3.73. The maximum absolute atomic E-state index is 10.9. The first-order valence-electron chi connectivity index (χ1n) is 5.54. The molecule has 18 heavy (non-hydrogen) atoms. The van der Waals surface area contributed by atoms with Gasteiger partial charge in [0.2, 0.25) is 5.88 Å². The summed E-state index contributed by atoms with van der Waals surface area (Å²) in [5, 5.41) is 13.7. The predicted molar refractivity (Wildman–Crippen MR) is 70.4 cm³/mol. The highest BCUT2D eigenvalue weighted by Crippen LogP contribution is 2.40. The van der Waals surface area contributed by atoms with Crippen LogP contribution in [0.25, 0.3) is 16.6 Å². The van der Waals surface area contributed by atoms with Crippen LogP contribution >= 0.6 is 0 Å². The first kappa shape index (κ1) is 10.5. The Kier molecular flexibility index (Phi) is 2.34. The van der Waals surface area contributed by atoms with Crippen LogP contribution in [-0.2, 0) is 0 Å². The van der Waals surface area contributed by atoms with Crippen LogP contribution in [-0.4, -0.2) is 9.67 Å². The van der Waals surface area contributed by atoms with E-state index in [4.69, 9.17) is 0 Å². The third kappa shape index (κ3) is 1.39. The van der Waals surface area contributed by atoms with E-state index in [1.165, 1.54) is 0 Å². The fourth-order valence-corrected chi connectivity index (χ4v) is 2.14. The quantitative estimate of drug-likeness (QED) is 0.691. The highest BCUT2D eigenvalue weighted by molar-refractivity contribution is 5.96. The number of benzene rings is 2. The fourth-order valence-electron chi connectivity index (χ4n) is 2.14. The zero-order chi connectivity index (χ0) is 12.5. The monoisotopic (exact) mass is 238 g/mol. The number of rotatable bonds is 2. The minimum absolute atomic E-state index is 0.0782. The van der Waals surface area contributed by atoms with Crippen LogP contribution in [0, 0.1) is 4.91 Å². The van der Waals surface area contributed by atoms with E-state index in [0.717, 1.165) is 11.2 Å². The van der Waals surface area contributed by atoms with Gasteiger partial charge in [-0.3, -0.25) is 4.57 Å². The van der Waals surface area contributed by atoms with Crippen molar-refractivity contribution in [3.05, 3.63) is 59.5 Å². The van der Waals surface area contributed by atoms with E-state index in [1.807, 2.05) is 48.5 Å². The van der Waals surface area contributed by atoms with Gasteiger partial charge in [-0.1, -0.05) is 36.4 Å². The molecule has 1 N–H and O–H groups in total. The summed E-state index contributed by atoms with van der Waals surface area (Å²) in [6.45, 7) is 0. The van der Waals surface area contributed by atoms with Crippen LogP contribution in [0.15, 0.2) is 59.8 Å². The van der Waals surface area contributed by atoms with E-state index in [2.05, 4.69) is 5.18 Å². The molecule has 3 aromatic rings. The Bertz CT molecular complexity index is 717. The Morgan fingerprint density at radius 2 is 1.61 bits per heavy atom. The van der Waals surface area contributed by atoms with Gasteiger partial charge in [-0.2, -0.15) is 0 Å².